The fourth-order valence-corrected chi connectivity index (χ4v) is 2.18. The minimum absolute atomic E-state index is 0.235. The molecule has 1 heterocycles. The Labute approximate surface area is 130 Å². The van der Waals surface area contributed by atoms with Crippen LogP contribution in [0, 0.1) is 0 Å². The molecule has 1 saturated heterocycles. The smallest absolute Gasteiger partial charge is 0.399 e. The van der Waals surface area contributed by atoms with Crippen LogP contribution in [0.25, 0.3) is 0 Å². The Balaban J connectivity index is 2.41. The van der Waals surface area contributed by atoms with Gasteiger partial charge in [-0.25, -0.2) is 0 Å². The molecule has 0 unspecified atom stereocenters. The zero-order valence-corrected chi connectivity index (χ0v) is 13.5. The van der Waals surface area contributed by atoms with Gasteiger partial charge in [0.15, 0.2) is 0 Å². The lowest BCUT2D eigenvalue weighted by molar-refractivity contribution is -0.114. The summed E-state index contributed by atoms with van der Waals surface area (Å²) in [6, 6.07) is 4.87. The topological polar surface area (TPSA) is 90.7 Å². The van der Waals surface area contributed by atoms with Crippen LogP contribution in [0.4, 0.5) is 5.69 Å². The SMILES string of the molecule is CC(=O)Nc1cc(B2OC(C)(C)C(C)(C)O2)cc(C(N)=O)c1. The van der Waals surface area contributed by atoms with Gasteiger partial charge in [-0.2, -0.15) is 0 Å². The minimum Gasteiger partial charge on any atom is -0.399 e. The summed E-state index contributed by atoms with van der Waals surface area (Å²) in [6.07, 6.45) is 0. The van der Waals surface area contributed by atoms with Crippen molar-refractivity contribution in [1.29, 1.82) is 0 Å². The van der Waals surface area contributed by atoms with Crippen LogP contribution in [0.15, 0.2) is 18.2 Å². The summed E-state index contributed by atoms with van der Waals surface area (Å²) in [4.78, 5) is 22.7. The molecule has 0 spiro atoms. The lowest BCUT2D eigenvalue weighted by Crippen LogP contribution is -2.41. The summed E-state index contributed by atoms with van der Waals surface area (Å²) in [5.41, 5.74) is 5.78. The van der Waals surface area contributed by atoms with E-state index in [1.54, 1.807) is 12.1 Å². The second kappa shape index (κ2) is 5.41. The van der Waals surface area contributed by atoms with Crippen molar-refractivity contribution in [3.63, 3.8) is 0 Å². The molecule has 1 aliphatic heterocycles. The fraction of sp³-hybridized carbons (Fsp3) is 0.467. The third kappa shape index (κ3) is 3.15. The van der Waals surface area contributed by atoms with Gasteiger partial charge in [0.25, 0.3) is 0 Å². The van der Waals surface area contributed by atoms with Crippen molar-refractivity contribution in [2.45, 2.75) is 45.8 Å². The first kappa shape index (κ1) is 16.5. The molecule has 1 aromatic carbocycles. The normalized spacial score (nSPS) is 19.0. The van der Waals surface area contributed by atoms with Crippen LogP contribution in [0.2, 0.25) is 0 Å². The summed E-state index contributed by atoms with van der Waals surface area (Å²) >= 11 is 0. The first-order valence-corrected chi connectivity index (χ1v) is 7.10. The maximum Gasteiger partial charge on any atom is 0.494 e. The number of primary amides is 1. The van der Waals surface area contributed by atoms with Crippen molar-refractivity contribution in [2.75, 3.05) is 5.32 Å². The first-order chi connectivity index (χ1) is 10.0. The number of rotatable bonds is 3. The summed E-state index contributed by atoms with van der Waals surface area (Å²) in [5, 5.41) is 2.65. The molecule has 1 aliphatic rings. The lowest BCUT2D eigenvalue weighted by Gasteiger charge is -2.32. The molecule has 0 aromatic heterocycles. The predicted molar refractivity (Wildman–Crippen MR) is 85.0 cm³/mol. The third-order valence-electron chi connectivity index (χ3n) is 4.09. The molecular weight excluding hydrogens is 283 g/mol. The van der Waals surface area contributed by atoms with Crippen molar-refractivity contribution < 1.29 is 18.9 Å². The minimum atomic E-state index is -0.628. The van der Waals surface area contributed by atoms with Gasteiger partial charge in [-0.05, 0) is 51.4 Å². The number of hydrogen-bond acceptors (Lipinski definition) is 4. The van der Waals surface area contributed by atoms with E-state index in [9.17, 15) is 9.59 Å². The van der Waals surface area contributed by atoms with Crippen molar-refractivity contribution >= 4 is 30.1 Å². The number of nitrogens with two attached hydrogens (primary N) is 1. The van der Waals surface area contributed by atoms with Crippen LogP contribution in [0.1, 0.15) is 45.0 Å². The maximum absolute atomic E-state index is 11.5. The number of amides is 2. The van der Waals surface area contributed by atoms with E-state index in [1.165, 1.54) is 13.0 Å². The zero-order valence-electron chi connectivity index (χ0n) is 13.5. The van der Waals surface area contributed by atoms with Gasteiger partial charge < -0.3 is 20.4 Å². The number of nitrogens with one attached hydrogen (secondary N) is 1. The van der Waals surface area contributed by atoms with Gasteiger partial charge in [0.2, 0.25) is 11.8 Å². The van der Waals surface area contributed by atoms with E-state index in [1.807, 2.05) is 27.7 Å². The van der Waals surface area contributed by atoms with Crippen molar-refractivity contribution in [3.05, 3.63) is 23.8 Å². The van der Waals surface area contributed by atoms with E-state index < -0.39 is 24.2 Å². The van der Waals surface area contributed by atoms with Crippen molar-refractivity contribution in [2.24, 2.45) is 5.73 Å². The van der Waals surface area contributed by atoms with Crippen LogP contribution in [-0.2, 0) is 14.1 Å². The van der Waals surface area contributed by atoms with Gasteiger partial charge in [0, 0.05) is 18.2 Å². The second-order valence-corrected chi connectivity index (χ2v) is 6.48. The zero-order chi connectivity index (χ0) is 16.7. The summed E-state index contributed by atoms with van der Waals surface area (Å²) < 4.78 is 11.9. The number of carbonyl (C=O) groups is 2. The molecule has 7 heteroatoms. The molecule has 0 atom stereocenters. The van der Waals surface area contributed by atoms with Gasteiger partial charge in [0.1, 0.15) is 0 Å². The molecule has 1 fully saturated rings. The Morgan fingerprint density at radius 1 is 1.09 bits per heavy atom. The van der Waals surface area contributed by atoms with Crippen LogP contribution < -0.4 is 16.5 Å². The quantitative estimate of drug-likeness (QED) is 0.816. The number of hydrogen-bond donors (Lipinski definition) is 2. The summed E-state index contributed by atoms with van der Waals surface area (Å²) in [6.45, 7) is 9.17. The van der Waals surface area contributed by atoms with Crippen LogP contribution >= 0.6 is 0 Å². The molecule has 0 saturated carbocycles. The molecule has 6 nitrogen and oxygen atoms in total. The fourth-order valence-electron chi connectivity index (χ4n) is 2.18. The Morgan fingerprint density at radius 2 is 1.64 bits per heavy atom. The number of benzene rings is 1. The second-order valence-electron chi connectivity index (χ2n) is 6.48. The molecule has 1 aromatic rings. The molecule has 2 amide bonds. The van der Waals surface area contributed by atoms with Gasteiger partial charge >= 0.3 is 7.12 Å². The van der Waals surface area contributed by atoms with Crippen LogP contribution in [-0.4, -0.2) is 30.1 Å². The maximum atomic E-state index is 11.5. The lowest BCUT2D eigenvalue weighted by atomic mass is 9.78. The van der Waals surface area contributed by atoms with Gasteiger partial charge in [-0.1, -0.05) is 0 Å². The van der Waals surface area contributed by atoms with Crippen molar-refractivity contribution in [1.82, 2.24) is 0 Å². The van der Waals surface area contributed by atoms with E-state index in [-0.39, 0.29) is 11.5 Å². The monoisotopic (exact) mass is 304 g/mol. The van der Waals surface area contributed by atoms with E-state index in [2.05, 4.69) is 5.32 Å². The molecule has 22 heavy (non-hydrogen) atoms. The Kier molecular flexibility index (Phi) is 4.06. The third-order valence-corrected chi connectivity index (χ3v) is 4.09. The Morgan fingerprint density at radius 3 is 2.09 bits per heavy atom. The Bertz CT molecular complexity index is 612. The van der Waals surface area contributed by atoms with Gasteiger partial charge in [0.05, 0.1) is 11.2 Å². The molecule has 3 N–H and O–H groups in total. The first-order valence-electron chi connectivity index (χ1n) is 7.10. The highest BCUT2D eigenvalue weighted by Crippen LogP contribution is 2.36. The summed E-state index contributed by atoms with van der Waals surface area (Å²) in [5.74, 6) is -0.813. The van der Waals surface area contributed by atoms with Gasteiger partial charge in [-0.3, -0.25) is 9.59 Å². The average Bonchev–Trinajstić information content (AvgIpc) is 2.57. The molecule has 2 rings (SSSR count). The highest BCUT2D eigenvalue weighted by Gasteiger charge is 2.51. The van der Waals surface area contributed by atoms with Crippen molar-refractivity contribution in [3.8, 4) is 0 Å². The largest absolute Gasteiger partial charge is 0.494 e. The van der Waals surface area contributed by atoms with E-state index in [0.717, 1.165) is 0 Å². The highest BCUT2D eigenvalue weighted by molar-refractivity contribution is 6.62. The number of carbonyl (C=O) groups excluding carboxylic acids is 2. The van der Waals surface area contributed by atoms with Crippen LogP contribution in [0.5, 0.6) is 0 Å². The molecule has 0 bridgehead atoms. The molecule has 0 aliphatic carbocycles. The van der Waals surface area contributed by atoms with E-state index in [0.29, 0.717) is 11.2 Å². The van der Waals surface area contributed by atoms with E-state index >= 15 is 0 Å². The molecule has 118 valence electrons. The molecular formula is C15H21BN2O4. The highest BCUT2D eigenvalue weighted by atomic mass is 16.7. The van der Waals surface area contributed by atoms with E-state index in [4.69, 9.17) is 15.0 Å². The number of anilines is 1. The standard InChI is InChI=1S/C15H21BN2O4/c1-9(19)18-12-7-10(13(17)20)6-11(8-12)16-21-14(2,3)15(4,5)22-16/h6-8H,1-5H3,(H2,17,20)(H,18,19). The average molecular weight is 304 g/mol. The predicted octanol–water partition coefficient (Wildman–Crippen LogP) is 1.04. The van der Waals surface area contributed by atoms with Gasteiger partial charge in [-0.15, -0.1) is 0 Å². The Hall–Kier alpha value is -1.86. The van der Waals surface area contributed by atoms with Crippen LogP contribution in [0.3, 0.4) is 0 Å². The molecule has 0 radical (unpaired) electrons. The summed E-state index contributed by atoms with van der Waals surface area (Å²) in [7, 11) is -0.628.